The van der Waals surface area contributed by atoms with Gasteiger partial charge in [0, 0.05) is 30.9 Å². The summed E-state index contributed by atoms with van der Waals surface area (Å²) in [6, 6.07) is 4.37. The van der Waals surface area contributed by atoms with Gasteiger partial charge in [-0.1, -0.05) is 12.1 Å². The molecule has 0 N–H and O–H groups in total. The Kier molecular flexibility index (Phi) is 3.93. The molecule has 3 atom stereocenters. The van der Waals surface area contributed by atoms with E-state index in [9.17, 15) is 13.6 Å². The van der Waals surface area contributed by atoms with Crippen LogP contribution in [-0.2, 0) is 0 Å². The number of fused-ring (bicyclic) bond motifs is 2. The van der Waals surface area contributed by atoms with E-state index in [1.165, 1.54) is 18.6 Å². The molecule has 0 aliphatic carbocycles. The highest BCUT2D eigenvalue weighted by Gasteiger charge is 2.55. The average molecular weight is 370 g/mol. The lowest BCUT2D eigenvalue weighted by molar-refractivity contribution is -0.00378. The number of carbonyl (C=O) groups is 1. The first-order valence-corrected chi connectivity index (χ1v) is 9.40. The van der Waals surface area contributed by atoms with Crippen LogP contribution in [0.2, 0.25) is 0 Å². The van der Waals surface area contributed by atoms with Crippen molar-refractivity contribution in [1.29, 1.82) is 0 Å². The van der Waals surface area contributed by atoms with Crippen LogP contribution in [-0.4, -0.2) is 57.4 Å². The number of amides is 1. The van der Waals surface area contributed by atoms with Crippen molar-refractivity contribution >= 4 is 5.91 Å². The molecule has 0 radical (unpaired) electrons. The molecule has 4 aliphatic rings. The number of piperidine rings is 3. The molecule has 1 aromatic heterocycles. The van der Waals surface area contributed by atoms with Crippen LogP contribution in [0.4, 0.5) is 8.78 Å². The van der Waals surface area contributed by atoms with E-state index in [0.29, 0.717) is 23.7 Å². The highest BCUT2D eigenvalue weighted by Crippen LogP contribution is 2.47. The van der Waals surface area contributed by atoms with Gasteiger partial charge in [-0.25, -0.2) is 13.8 Å². The second kappa shape index (κ2) is 6.34. The molecule has 4 fully saturated rings. The van der Waals surface area contributed by atoms with Crippen LogP contribution in [0.5, 0.6) is 0 Å². The van der Waals surface area contributed by atoms with Crippen LogP contribution < -0.4 is 0 Å². The van der Waals surface area contributed by atoms with E-state index < -0.39 is 11.6 Å². The summed E-state index contributed by atoms with van der Waals surface area (Å²) >= 11 is 0. The van der Waals surface area contributed by atoms with E-state index in [4.69, 9.17) is 0 Å². The predicted molar refractivity (Wildman–Crippen MR) is 94.0 cm³/mol. The Balaban J connectivity index is 1.56. The second-order valence-corrected chi connectivity index (χ2v) is 7.65. The summed E-state index contributed by atoms with van der Waals surface area (Å²) in [5.41, 5.74) is 0.667. The molecule has 2 bridgehead atoms. The van der Waals surface area contributed by atoms with Crippen molar-refractivity contribution < 1.29 is 13.6 Å². The smallest absolute Gasteiger partial charge is 0.274 e. The van der Waals surface area contributed by atoms with Gasteiger partial charge in [-0.2, -0.15) is 0 Å². The number of nitrogens with zero attached hydrogens (tertiary/aromatic N) is 4. The third kappa shape index (κ3) is 2.56. The molecule has 0 spiro atoms. The van der Waals surface area contributed by atoms with Crippen molar-refractivity contribution in [1.82, 2.24) is 19.8 Å². The monoisotopic (exact) mass is 370 g/mol. The number of hydrogen-bond acceptors (Lipinski definition) is 4. The van der Waals surface area contributed by atoms with Crippen LogP contribution >= 0.6 is 0 Å². The summed E-state index contributed by atoms with van der Waals surface area (Å²) in [5.74, 6) is -1.65. The maximum atomic E-state index is 14.6. The van der Waals surface area contributed by atoms with Gasteiger partial charge in [-0.05, 0) is 43.5 Å². The minimum absolute atomic E-state index is 0.00896. The lowest BCUT2D eigenvalue weighted by Gasteiger charge is -2.51. The van der Waals surface area contributed by atoms with Crippen molar-refractivity contribution in [3.63, 3.8) is 0 Å². The molecular weight excluding hydrogens is 350 g/mol. The van der Waals surface area contributed by atoms with Crippen molar-refractivity contribution in [2.75, 3.05) is 19.6 Å². The standard InChI is InChI=1S/C20H20F2N4O/c21-15-3-1-2-13(17(15)22)14-11-26(20(27)16-10-23-6-7-24-16)18-12-4-8-25(9-5-12)19(14)18/h1-3,6-7,10,12,14,18-19H,4-5,8-9,11H2/t14-,18+,19+/m1/s1. The van der Waals surface area contributed by atoms with Crippen LogP contribution in [0.25, 0.3) is 0 Å². The normalized spacial score (nSPS) is 31.8. The van der Waals surface area contributed by atoms with Gasteiger partial charge < -0.3 is 4.90 Å². The lowest BCUT2D eigenvalue weighted by atomic mass is 9.75. The fourth-order valence-corrected chi connectivity index (χ4v) is 5.29. The number of rotatable bonds is 2. The van der Waals surface area contributed by atoms with E-state index in [0.717, 1.165) is 32.0 Å². The van der Waals surface area contributed by atoms with Crippen molar-refractivity contribution in [3.05, 3.63) is 59.7 Å². The van der Waals surface area contributed by atoms with E-state index in [1.807, 2.05) is 4.90 Å². The summed E-state index contributed by atoms with van der Waals surface area (Å²) in [5, 5.41) is 0. The molecule has 2 aromatic rings. The van der Waals surface area contributed by atoms with Gasteiger partial charge in [0.2, 0.25) is 0 Å². The minimum atomic E-state index is -0.835. The minimum Gasteiger partial charge on any atom is -0.332 e. The highest BCUT2D eigenvalue weighted by molar-refractivity contribution is 5.92. The van der Waals surface area contributed by atoms with Gasteiger partial charge in [0.05, 0.1) is 12.2 Å². The molecule has 5 nitrogen and oxygen atoms in total. The summed E-state index contributed by atoms with van der Waals surface area (Å²) in [6.45, 7) is 2.27. The molecule has 0 unspecified atom stereocenters. The first kappa shape index (κ1) is 16.7. The summed E-state index contributed by atoms with van der Waals surface area (Å²) in [6.07, 6.45) is 6.56. The van der Waals surface area contributed by atoms with Gasteiger partial charge in [-0.15, -0.1) is 0 Å². The molecule has 0 saturated carbocycles. The predicted octanol–water partition coefficient (Wildman–Crippen LogP) is 2.46. The van der Waals surface area contributed by atoms with Gasteiger partial charge in [-0.3, -0.25) is 14.7 Å². The molecule has 4 aliphatic heterocycles. The van der Waals surface area contributed by atoms with Crippen LogP contribution in [0.3, 0.4) is 0 Å². The number of benzene rings is 1. The summed E-state index contributed by atoms with van der Waals surface area (Å²) < 4.78 is 28.5. The maximum absolute atomic E-state index is 14.6. The highest BCUT2D eigenvalue weighted by atomic mass is 19.2. The Morgan fingerprint density at radius 2 is 1.93 bits per heavy atom. The van der Waals surface area contributed by atoms with Gasteiger partial charge in [0.15, 0.2) is 11.6 Å². The van der Waals surface area contributed by atoms with Crippen LogP contribution in [0.15, 0.2) is 36.8 Å². The van der Waals surface area contributed by atoms with E-state index >= 15 is 0 Å². The topological polar surface area (TPSA) is 49.3 Å². The van der Waals surface area contributed by atoms with Crippen molar-refractivity contribution in [2.45, 2.75) is 30.8 Å². The molecule has 1 amide bonds. The number of likely N-dealkylation sites (tertiary alicyclic amines) is 1. The zero-order valence-corrected chi connectivity index (χ0v) is 14.8. The second-order valence-electron chi connectivity index (χ2n) is 7.65. The SMILES string of the molecule is O=C(c1cnccn1)N1C[C@H](c2cccc(F)c2F)[C@H]2[C@@H]1C1CCN2CC1. The molecule has 7 heteroatoms. The molecule has 4 saturated heterocycles. The number of halogens is 2. The molecule has 5 heterocycles. The third-order valence-electron chi connectivity index (χ3n) is 6.42. The Morgan fingerprint density at radius 3 is 2.67 bits per heavy atom. The van der Waals surface area contributed by atoms with Crippen molar-refractivity contribution in [3.8, 4) is 0 Å². The zero-order valence-electron chi connectivity index (χ0n) is 14.8. The molecule has 6 rings (SSSR count). The summed E-state index contributed by atoms with van der Waals surface area (Å²) in [7, 11) is 0. The Bertz CT molecular complexity index is 870. The Labute approximate surface area is 156 Å². The fraction of sp³-hybridized carbons (Fsp3) is 0.450. The zero-order chi connectivity index (χ0) is 18.5. The number of carbonyl (C=O) groups excluding carboxylic acids is 1. The Hall–Kier alpha value is -2.41. The first-order valence-electron chi connectivity index (χ1n) is 9.40. The largest absolute Gasteiger partial charge is 0.332 e. The fourth-order valence-electron chi connectivity index (χ4n) is 5.29. The third-order valence-corrected chi connectivity index (χ3v) is 6.42. The average Bonchev–Trinajstić information content (AvgIpc) is 3.14. The maximum Gasteiger partial charge on any atom is 0.274 e. The van der Waals surface area contributed by atoms with Crippen LogP contribution in [0.1, 0.15) is 34.8 Å². The Morgan fingerprint density at radius 1 is 1.11 bits per heavy atom. The van der Waals surface area contributed by atoms with Gasteiger partial charge >= 0.3 is 0 Å². The van der Waals surface area contributed by atoms with Gasteiger partial charge in [0.25, 0.3) is 5.91 Å². The first-order chi connectivity index (χ1) is 13.1. The quantitative estimate of drug-likeness (QED) is 0.815. The molecule has 140 valence electrons. The van der Waals surface area contributed by atoms with E-state index in [1.54, 1.807) is 12.1 Å². The van der Waals surface area contributed by atoms with E-state index in [2.05, 4.69) is 14.9 Å². The van der Waals surface area contributed by atoms with Crippen LogP contribution in [0, 0.1) is 17.6 Å². The van der Waals surface area contributed by atoms with E-state index in [-0.39, 0.29) is 23.9 Å². The summed E-state index contributed by atoms with van der Waals surface area (Å²) in [4.78, 5) is 25.5. The van der Waals surface area contributed by atoms with Crippen molar-refractivity contribution in [2.24, 2.45) is 5.92 Å². The number of hydrogen-bond donors (Lipinski definition) is 0. The lowest BCUT2D eigenvalue weighted by Crippen LogP contribution is -2.60. The number of aromatic nitrogens is 2. The molecule has 27 heavy (non-hydrogen) atoms. The molecular formula is C20H20F2N4O. The molecule has 1 aromatic carbocycles. The van der Waals surface area contributed by atoms with Gasteiger partial charge in [0.1, 0.15) is 5.69 Å².